The first-order valence-corrected chi connectivity index (χ1v) is 4.28. The first-order valence-electron chi connectivity index (χ1n) is 2.76. The summed E-state index contributed by atoms with van der Waals surface area (Å²) in [6.45, 7) is 1.06. The van der Waals surface area contributed by atoms with E-state index in [1.54, 1.807) is 4.90 Å². The quantitative estimate of drug-likeness (QED) is 0.502. The molecule has 1 aliphatic rings. The zero-order valence-corrected chi connectivity index (χ0v) is 7.04. The van der Waals surface area contributed by atoms with E-state index in [-0.39, 0.29) is 12.0 Å². The van der Waals surface area contributed by atoms with E-state index in [2.05, 4.69) is 0 Å². The summed E-state index contributed by atoms with van der Waals surface area (Å²) in [5, 5.41) is 8.77. The van der Waals surface area contributed by atoms with Gasteiger partial charge in [-0.25, -0.2) is 0 Å². The van der Waals surface area contributed by atoms with Crippen LogP contribution >= 0.6 is 22.6 Å². The second-order valence-corrected chi connectivity index (χ2v) is 2.85. The summed E-state index contributed by atoms with van der Waals surface area (Å²) in [6, 6.07) is 0. The minimum Gasteiger partial charge on any atom is -0.389 e. The molecule has 0 aromatic heterocycles. The summed E-state index contributed by atoms with van der Waals surface area (Å²) in [7, 11) is 0. The Morgan fingerprint density at radius 2 is 2.33 bits per heavy atom. The molecule has 0 unspecified atom stereocenters. The molecule has 1 N–H and O–H groups in total. The van der Waals surface area contributed by atoms with Crippen molar-refractivity contribution in [1.82, 2.24) is 4.90 Å². The summed E-state index contributed by atoms with van der Waals surface area (Å²) in [4.78, 5) is 12.4. The topological polar surface area (TPSA) is 40.5 Å². The largest absolute Gasteiger partial charge is 0.389 e. The fourth-order valence-corrected chi connectivity index (χ4v) is 1.23. The van der Waals surface area contributed by atoms with Crippen molar-refractivity contribution in [3.63, 3.8) is 0 Å². The third kappa shape index (κ3) is 1.54. The number of carbonyl (C=O) groups is 1. The number of hydrogen-bond donors (Lipinski definition) is 1. The highest BCUT2D eigenvalue weighted by Gasteiger charge is 2.27. The molecule has 4 heteroatoms. The molecule has 1 fully saturated rings. The molecule has 1 saturated heterocycles. The average Bonchev–Trinajstić information content (AvgIpc) is 1.79. The summed E-state index contributed by atoms with van der Waals surface area (Å²) >= 11 is 2.02. The molecule has 1 amide bonds. The van der Waals surface area contributed by atoms with Crippen molar-refractivity contribution in [2.24, 2.45) is 0 Å². The van der Waals surface area contributed by atoms with Gasteiger partial charge in [0.05, 0.1) is 10.5 Å². The number of aliphatic hydroxyl groups is 1. The number of likely N-dealkylation sites (tertiary alicyclic amines) is 1. The molecule has 1 rings (SSSR count). The maximum Gasteiger partial charge on any atom is 0.232 e. The second kappa shape index (κ2) is 2.83. The zero-order valence-electron chi connectivity index (χ0n) is 4.88. The smallest absolute Gasteiger partial charge is 0.232 e. The van der Waals surface area contributed by atoms with E-state index < -0.39 is 0 Å². The third-order valence-corrected chi connectivity index (χ3v) is 1.98. The van der Waals surface area contributed by atoms with E-state index in [9.17, 15) is 4.79 Å². The number of amides is 1. The SMILES string of the molecule is O=C(CI)N1CC(O)C1. The van der Waals surface area contributed by atoms with Crippen molar-refractivity contribution < 1.29 is 9.90 Å². The molecule has 52 valence electrons. The minimum atomic E-state index is -0.267. The van der Waals surface area contributed by atoms with E-state index >= 15 is 0 Å². The van der Waals surface area contributed by atoms with Crippen LogP contribution in [0.5, 0.6) is 0 Å². The van der Waals surface area contributed by atoms with Crippen LogP contribution < -0.4 is 0 Å². The van der Waals surface area contributed by atoms with Crippen LogP contribution in [0.2, 0.25) is 0 Å². The Kier molecular flexibility index (Phi) is 2.29. The van der Waals surface area contributed by atoms with Crippen LogP contribution in [0.15, 0.2) is 0 Å². The van der Waals surface area contributed by atoms with Crippen molar-refractivity contribution in [2.45, 2.75) is 6.10 Å². The molecule has 1 aliphatic heterocycles. The van der Waals surface area contributed by atoms with Gasteiger partial charge >= 0.3 is 0 Å². The Morgan fingerprint density at radius 3 is 2.67 bits per heavy atom. The van der Waals surface area contributed by atoms with E-state index in [0.717, 1.165) is 0 Å². The predicted molar refractivity (Wildman–Crippen MR) is 41.5 cm³/mol. The normalized spacial score (nSPS) is 19.6. The van der Waals surface area contributed by atoms with Gasteiger partial charge in [0.15, 0.2) is 0 Å². The predicted octanol–water partition coefficient (Wildman–Crippen LogP) is -0.375. The number of aliphatic hydroxyl groups excluding tert-OH is 1. The molecular weight excluding hydrogens is 233 g/mol. The summed E-state index contributed by atoms with van der Waals surface area (Å²) in [5.41, 5.74) is 0. The lowest BCUT2D eigenvalue weighted by Crippen LogP contribution is -2.53. The van der Waals surface area contributed by atoms with Gasteiger partial charge in [0.25, 0.3) is 0 Å². The maximum atomic E-state index is 10.7. The maximum absolute atomic E-state index is 10.7. The van der Waals surface area contributed by atoms with Crippen molar-refractivity contribution in [2.75, 3.05) is 17.5 Å². The molecule has 9 heavy (non-hydrogen) atoms. The van der Waals surface area contributed by atoms with Crippen molar-refractivity contribution >= 4 is 28.5 Å². The van der Waals surface area contributed by atoms with Crippen LogP contribution in [0.1, 0.15) is 0 Å². The van der Waals surface area contributed by atoms with Crippen molar-refractivity contribution in [1.29, 1.82) is 0 Å². The molecule has 0 bridgehead atoms. The van der Waals surface area contributed by atoms with Crippen LogP contribution in [0, 0.1) is 0 Å². The van der Waals surface area contributed by atoms with Crippen LogP contribution in [0.3, 0.4) is 0 Å². The molecule has 1 heterocycles. The Balaban J connectivity index is 2.23. The number of alkyl halides is 1. The second-order valence-electron chi connectivity index (χ2n) is 2.09. The van der Waals surface area contributed by atoms with Crippen LogP contribution in [-0.4, -0.2) is 39.5 Å². The number of nitrogens with zero attached hydrogens (tertiary/aromatic N) is 1. The van der Waals surface area contributed by atoms with E-state index in [4.69, 9.17) is 5.11 Å². The van der Waals surface area contributed by atoms with E-state index in [0.29, 0.717) is 17.5 Å². The lowest BCUT2D eigenvalue weighted by Gasteiger charge is -2.35. The first-order chi connectivity index (χ1) is 4.24. The zero-order chi connectivity index (χ0) is 6.85. The van der Waals surface area contributed by atoms with Crippen LogP contribution in [-0.2, 0) is 4.79 Å². The van der Waals surface area contributed by atoms with Gasteiger partial charge in [-0.3, -0.25) is 4.79 Å². The number of carbonyl (C=O) groups excluding carboxylic acids is 1. The third-order valence-electron chi connectivity index (χ3n) is 1.33. The average molecular weight is 241 g/mol. The van der Waals surface area contributed by atoms with Gasteiger partial charge in [0, 0.05) is 13.1 Å². The Morgan fingerprint density at radius 1 is 1.78 bits per heavy atom. The number of hydrogen-bond acceptors (Lipinski definition) is 2. The lowest BCUT2D eigenvalue weighted by molar-refractivity contribution is -0.137. The van der Waals surface area contributed by atoms with Gasteiger partial charge in [0.2, 0.25) is 5.91 Å². The van der Waals surface area contributed by atoms with E-state index in [1.807, 2.05) is 22.6 Å². The molecule has 0 aromatic carbocycles. The molecule has 0 aliphatic carbocycles. The molecule has 3 nitrogen and oxygen atoms in total. The molecule has 0 radical (unpaired) electrons. The van der Waals surface area contributed by atoms with Crippen molar-refractivity contribution in [3.8, 4) is 0 Å². The van der Waals surface area contributed by atoms with Gasteiger partial charge in [-0.1, -0.05) is 22.6 Å². The van der Waals surface area contributed by atoms with Gasteiger partial charge in [-0.05, 0) is 0 Å². The molecular formula is C5H8INO2. The number of β-amino-alcohol motifs (C(OH)–C–C–N with tert-alkyl or cyclic N) is 1. The van der Waals surface area contributed by atoms with Gasteiger partial charge in [-0.15, -0.1) is 0 Å². The minimum absolute atomic E-state index is 0.126. The highest BCUT2D eigenvalue weighted by atomic mass is 127. The lowest BCUT2D eigenvalue weighted by atomic mass is 10.2. The molecule has 0 aromatic rings. The van der Waals surface area contributed by atoms with Gasteiger partial charge in [0.1, 0.15) is 0 Å². The fourth-order valence-electron chi connectivity index (χ4n) is 0.743. The van der Waals surface area contributed by atoms with Crippen LogP contribution in [0.4, 0.5) is 0 Å². The monoisotopic (exact) mass is 241 g/mol. The number of rotatable bonds is 1. The van der Waals surface area contributed by atoms with Gasteiger partial charge < -0.3 is 10.0 Å². The number of halogens is 1. The Bertz CT molecular complexity index is 122. The Labute approximate surface area is 67.2 Å². The summed E-state index contributed by atoms with van der Waals surface area (Å²) < 4.78 is 0.518. The highest BCUT2D eigenvalue weighted by molar-refractivity contribution is 14.1. The summed E-state index contributed by atoms with van der Waals surface area (Å²) in [5.74, 6) is 0.126. The van der Waals surface area contributed by atoms with E-state index in [1.165, 1.54) is 0 Å². The fraction of sp³-hybridized carbons (Fsp3) is 0.800. The van der Waals surface area contributed by atoms with Crippen LogP contribution in [0.25, 0.3) is 0 Å². The van der Waals surface area contributed by atoms with Gasteiger partial charge in [-0.2, -0.15) is 0 Å². The summed E-state index contributed by atoms with van der Waals surface area (Å²) in [6.07, 6.45) is -0.267. The standard InChI is InChI=1S/C5H8INO2/c6-1-5(9)7-2-4(8)3-7/h4,8H,1-3H2. The molecule has 0 spiro atoms. The molecule has 0 atom stereocenters. The Hall–Kier alpha value is 0.160. The molecule has 0 saturated carbocycles. The highest BCUT2D eigenvalue weighted by Crippen LogP contribution is 2.07. The first kappa shape index (κ1) is 7.27. The van der Waals surface area contributed by atoms with Crippen molar-refractivity contribution in [3.05, 3.63) is 0 Å².